The molecule has 0 radical (unpaired) electrons. The van der Waals surface area contributed by atoms with Crippen LogP contribution in [0.15, 0.2) is 157 Å². The number of hydrogen-bond acceptors (Lipinski definition) is 4. The Morgan fingerprint density at radius 2 is 1.16 bits per heavy atom. The van der Waals surface area contributed by atoms with Gasteiger partial charge in [-0.3, -0.25) is 4.57 Å². The molecule has 6 aromatic carbocycles. The summed E-state index contributed by atoms with van der Waals surface area (Å²) in [5, 5.41) is 5.40. The first-order chi connectivity index (χ1) is 25.0. The van der Waals surface area contributed by atoms with Crippen molar-refractivity contribution in [2.75, 3.05) is 0 Å². The normalized spacial score (nSPS) is 13.1. The van der Waals surface area contributed by atoms with Crippen molar-refractivity contribution in [1.82, 2.24) is 19.5 Å². The predicted molar refractivity (Wildman–Crippen MR) is 211 cm³/mol. The Kier molecular flexibility index (Phi) is 6.67. The molecule has 5 heteroatoms. The van der Waals surface area contributed by atoms with E-state index >= 15 is 0 Å². The van der Waals surface area contributed by atoms with Crippen molar-refractivity contribution < 1.29 is 0 Å². The van der Waals surface area contributed by atoms with E-state index in [2.05, 4.69) is 157 Å². The van der Waals surface area contributed by atoms with Crippen LogP contribution in [0.3, 0.4) is 0 Å². The van der Waals surface area contributed by atoms with Gasteiger partial charge in [-0.2, -0.15) is 0 Å². The second-order valence-corrected chi connectivity index (χ2v) is 14.6. The Balaban J connectivity index is 1.27. The highest BCUT2D eigenvalue weighted by molar-refractivity contribution is 7.13. The summed E-state index contributed by atoms with van der Waals surface area (Å²) in [4.78, 5) is 15.2. The van der Waals surface area contributed by atoms with Crippen molar-refractivity contribution >= 4 is 33.1 Å². The molecule has 0 atom stereocenters. The molecule has 9 aromatic rings. The zero-order valence-corrected chi connectivity index (χ0v) is 29.0. The van der Waals surface area contributed by atoms with Crippen LogP contribution >= 0.6 is 11.3 Å². The lowest BCUT2D eigenvalue weighted by molar-refractivity contribution is 0.661. The molecule has 0 amide bonds. The van der Waals surface area contributed by atoms with Gasteiger partial charge >= 0.3 is 0 Å². The number of benzene rings is 6. The minimum Gasteiger partial charge on any atom is -0.278 e. The predicted octanol–water partition coefficient (Wildman–Crippen LogP) is 12.0. The van der Waals surface area contributed by atoms with E-state index in [1.807, 2.05) is 23.7 Å². The molecule has 10 rings (SSSR count). The summed E-state index contributed by atoms with van der Waals surface area (Å²) in [6.07, 6.45) is 1.86. The maximum Gasteiger partial charge on any atom is 0.235 e. The standard InChI is InChI=1S/C46H32N4S/c1-46(2)38-19-10-9-18-34(38)35-26-37-36-25-32(31-16-11-17-33(24-31)44-47-22-23-51-44)20-21-42(36)50(43(37)27-39(35)46)45-48-40(29-12-5-3-6-13-29)28-41(49-45)30-14-7-4-8-15-30/h3-28H,1-2H3. The van der Waals surface area contributed by atoms with E-state index in [9.17, 15) is 0 Å². The highest BCUT2D eigenvalue weighted by Crippen LogP contribution is 2.51. The topological polar surface area (TPSA) is 43.6 Å². The fourth-order valence-corrected chi connectivity index (χ4v) is 8.49. The Labute approximate surface area is 300 Å². The lowest BCUT2D eigenvalue weighted by Gasteiger charge is -2.21. The van der Waals surface area contributed by atoms with Crippen molar-refractivity contribution in [3.8, 4) is 61.3 Å². The van der Waals surface area contributed by atoms with E-state index in [1.54, 1.807) is 11.3 Å². The van der Waals surface area contributed by atoms with Crippen LogP contribution < -0.4 is 0 Å². The molecule has 1 aliphatic carbocycles. The first kappa shape index (κ1) is 29.7. The SMILES string of the molecule is CC1(C)c2ccccc2-c2cc3c4cc(-c5cccc(-c6nccs6)c5)ccc4n(-c4nc(-c5ccccc5)cc(-c5ccccc5)n4)c3cc21. The summed E-state index contributed by atoms with van der Waals surface area (Å²) in [6.45, 7) is 4.67. The van der Waals surface area contributed by atoms with E-state index in [0.717, 1.165) is 55.2 Å². The van der Waals surface area contributed by atoms with Gasteiger partial charge in [0.05, 0.1) is 22.4 Å². The molecule has 0 fully saturated rings. The van der Waals surface area contributed by atoms with Crippen LogP contribution in [-0.2, 0) is 5.41 Å². The third-order valence-electron chi connectivity index (χ3n) is 10.4. The van der Waals surface area contributed by atoms with E-state index in [4.69, 9.17) is 9.97 Å². The molecule has 0 saturated carbocycles. The first-order valence-corrected chi connectivity index (χ1v) is 18.1. The summed E-state index contributed by atoms with van der Waals surface area (Å²) in [6, 6.07) is 52.1. The van der Waals surface area contributed by atoms with Gasteiger partial charge in [0.25, 0.3) is 0 Å². The summed E-state index contributed by atoms with van der Waals surface area (Å²) < 4.78 is 2.28. The molecule has 0 aliphatic heterocycles. The molecule has 4 nitrogen and oxygen atoms in total. The van der Waals surface area contributed by atoms with Crippen molar-refractivity contribution in [1.29, 1.82) is 0 Å². The lowest BCUT2D eigenvalue weighted by Crippen LogP contribution is -2.15. The minimum absolute atomic E-state index is 0.148. The highest BCUT2D eigenvalue weighted by Gasteiger charge is 2.36. The van der Waals surface area contributed by atoms with Gasteiger partial charge in [-0.15, -0.1) is 11.3 Å². The lowest BCUT2D eigenvalue weighted by atomic mass is 9.82. The zero-order chi connectivity index (χ0) is 34.1. The highest BCUT2D eigenvalue weighted by atomic mass is 32.1. The number of fused-ring (bicyclic) bond motifs is 6. The van der Waals surface area contributed by atoms with Gasteiger partial charge in [0.15, 0.2) is 0 Å². The van der Waals surface area contributed by atoms with E-state index in [0.29, 0.717) is 5.95 Å². The van der Waals surface area contributed by atoms with Crippen molar-refractivity contribution in [3.63, 3.8) is 0 Å². The quantitative estimate of drug-likeness (QED) is 0.183. The molecule has 0 N–H and O–H groups in total. The summed E-state index contributed by atoms with van der Waals surface area (Å²) in [5.74, 6) is 0.655. The average Bonchev–Trinajstić information content (AvgIpc) is 3.89. The average molecular weight is 673 g/mol. The van der Waals surface area contributed by atoms with Crippen molar-refractivity contribution in [3.05, 3.63) is 168 Å². The van der Waals surface area contributed by atoms with Crippen LogP contribution in [0.1, 0.15) is 25.0 Å². The van der Waals surface area contributed by atoms with Gasteiger partial charge in [-0.05, 0) is 69.8 Å². The van der Waals surface area contributed by atoms with Crippen LogP contribution in [0, 0.1) is 0 Å². The molecule has 51 heavy (non-hydrogen) atoms. The fourth-order valence-electron chi connectivity index (χ4n) is 7.85. The van der Waals surface area contributed by atoms with Gasteiger partial charge in [-0.25, -0.2) is 15.0 Å². The van der Waals surface area contributed by atoms with E-state index < -0.39 is 0 Å². The van der Waals surface area contributed by atoms with Crippen LogP contribution in [0.5, 0.6) is 0 Å². The number of rotatable bonds is 5. The molecule has 0 saturated heterocycles. The smallest absolute Gasteiger partial charge is 0.235 e. The van der Waals surface area contributed by atoms with Crippen molar-refractivity contribution in [2.45, 2.75) is 19.3 Å². The maximum absolute atomic E-state index is 5.31. The molecular weight excluding hydrogens is 641 g/mol. The number of nitrogens with zero attached hydrogens (tertiary/aromatic N) is 4. The minimum atomic E-state index is -0.148. The van der Waals surface area contributed by atoms with Gasteiger partial charge in [0, 0.05) is 44.5 Å². The van der Waals surface area contributed by atoms with Crippen molar-refractivity contribution in [2.24, 2.45) is 0 Å². The second kappa shape index (κ2) is 11.4. The van der Waals surface area contributed by atoms with Gasteiger partial charge in [0.1, 0.15) is 5.01 Å². The summed E-state index contributed by atoms with van der Waals surface area (Å²) in [5.41, 5.74) is 14.6. The number of aromatic nitrogens is 4. The monoisotopic (exact) mass is 672 g/mol. The molecule has 242 valence electrons. The van der Waals surface area contributed by atoms with Gasteiger partial charge in [0.2, 0.25) is 5.95 Å². The Hall–Kier alpha value is -6.17. The Bertz CT molecular complexity index is 2700. The van der Waals surface area contributed by atoms with Gasteiger partial charge in [-0.1, -0.05) is 123 Å². The number of thiazole rings is 1. The maximum atomic E-state index is 5.31. The molecule has 3 aromatic heterocycles. The van der Waals surface area contributed by atoms with Crippen LogP contribution in [0.25, 0.3) is 83.1 Å². The van der Waals surface area contributed by atoms with E-state index in [-0.39, 0.29) is 5.41 Å². The molecular formula is C46H32N4S. The molecule has 3 heterocycles. The van der Waals surface area contributed by atoms with Gasteiger partial charge < -0.3 is 0 Å². The van der Waals surface area contributed by atoms with Crippen LogP contribution in [-0.4, -0.2) is 19.5 Å². The third-order valence-corrected chi connectivity index (χ3v) is 11.2. The number of hydrogen-bond donors (Lipinski definition) is 0. The first-order valence-electron chi connectivity index (χ1n) is 17.3. The Morgan fingerprint density at radius 1 is 0.510 bits per heavy atom. The summed E-state index contributed by atoms with van der Waals surface area (Å²) >= 11 is 1.66. The zero-order valence-electron chi connectivity index (χ0n) is 28.2. The molecule has 0 spiro atoms. The molecule has 0 unspecified atom stereocenters. The van der Waals surface area contributed by atoms with E-state index in [1.165, 1.54) is 33.0 Å². The fraction of sp³-hybridized carbons (Fsp3) is 0.0652. The third kappa shape index (κ3) is 4.77. The summed E-state index contributed by atoms with van der Waals surface area (Å²) in [7, 11) is 0. The second-order valence-electron chi connectivity index (χ2n) is 13.7. The largest absolute Gasteiger partial charge is 0.278 e. The Morgan fingerprint density at radius 3 is 1.88 bits per heavy atom. The van der Waals surface area contributed by atoms with Crippen LogP contribution in [0.4, 0.5) is 0 Å². The molecule has 0 bridgehead atoms. The van der Waals surface area contributed by atoms with Crippen LogP contribution in [0.2, 0.25) is 0 Å². The molecule has 1 aliphatic rings.